The molecule has 1 aromatic heterocycles. The number of nitrogens with two attached hydrogens (primary N) is 2. The third-order valence-electron chi connectivity index (χ3n) is 9.70. The Morgan fingerprint density at radius 2 is 1.82 bits per heavy atom. The van der Waals surface area contributed by atoms with Crippen molar-refractivity contribution in [2.24, 2.45) is 16.9 Å². The van der Waals surface area contributed by atoms with Crippen LogP contribution >= 0.6 is 22.9 Å². The molecule has 0 saturated carbocycles. The van der Waals surface area contributed by atoms with Gasteiger partial charge in [-0.2, -0.15) is 0 Å². The summed E-state index contributed by atoms with van der Waals surface area (Å²) >= 11 is 7.79. The summed E-state index contributed by atoms with van der Waals surface area (Å²) in [5, 5.41) is 16.8. The lowest BCUT2D eigenvalue weighted by molar-refractivity contribution is -0.144. The number of ether oxygens (including phenoxy) is 1. The molecule has 55 heavy (non-hydrogen) atoms. The monoisotopic (exact) mass is 800 g/mol. The second-order valence-electron chi connectivity index (χ2n) is 15.4. The van der Waals surface area contributed by atoms with Gasteiger partial charge in [0.2, 0.25) is 23.6 Å². The Bertz CT molecular complexity index is 1800. The average molecular weight is 801 g/mol. The van der Waals surface area contributed by atoms with E-state index >= 15 is 4.39 Å². The van der Waals surface area contributed by atoms with Gasteiger partial charge < -0.3 is 36.8 Å². The molecule has 0 spiro atoms. The lowest BCUT2D eigenvalue weighted by Crippen LogP contribution is -2.57. The number of aryl methyl sites for hydroxylation is 2. The Balaban J connectivity index is 1.29. The van der Waals surface area contributed by atoms with E-state index in [-0.39, 0.29) is 56.0 Å². The number of amides is 4. The molecule has 3 aromatic rings. The number of halogens is 2. The van der Waals surface area contributed by atoms with Gasteiger partial charge in [-0.1, -0.05) is 63.1 Å². The Morgan fingerprint density at radius 3 is 2.45 bits per heavy atom. The van der Waals surface area contributed by atoms with E-state index in [0.717, 1.165) is 21.7 Å². The van der Waals surface area contributed by atoms with Gasteiger partial charge in [0, 0.05) is 42.9 Å². The number of hydrogen-bond acceptors (Lipinski definition) is 9. The second kappa shape index (κ2) is 19.7. The number of likely N-dealkylation sites (tertiary alicyclic amines) is 1. The maximum absolute atomic E-state index is 15.2. The van der Waals surface area contributed by atoms with Crippen molar-refractivity contribution in [2.75, 3.05) is 13.2 Å². The lowest BCUT2D eigenvalue weighted by Gasteiger charge is -2.35. The molecule has 0 bridgehead atoms. The largest absolute Gasteiger partial charge is 0.489 e. The second-order valence-corrected chi connectivity index (χ2v) is 16.7. The SMILES string of the molecule is Cc1ncsc1-c1ccc([C@H](C)NC(=O)[C@@H]2C[C@@H](O)CN2C(=O)[C@@H](NC(=O)CCCCCc2cc(Cl)cc(OC[C@@H](N)CCC(N)=O)c2F)C(C)(C)C)cc1. The fourth-order valence-electron chi connectivity index (χ4n) is 6.54. The Hall–Kier alpha value is -4.11. The molecule has 5 atom stereocenters. The van der Waals surface area contributed by atoms with Crippen LogP contribution in [0.4, 0.5) is 4.39 Å². The number of nitrogens with zero attached hydrogens (tertiary/aromatic N) is 2. The van der Waals surface area contributed by atoms with E-state index in [9.17, 15) is 24.3 Å². The van der Waals surface area contributed by atoms with Crippen molar-refractivity contribution in [3.63, 3.8) is 0 Å². The van der Waals surface area contributed by atoms with E-state index in [4.69, 9.17) is 27.8 Å². The van der Waals surface area contributed by atoms with Crippen molar-refractivity contribution in [1.29, 1.82) is 0 Å². The number of carbonyl (C=O) groups excluding carboxylic acids is 4. The highest BCUT2D eigenvalue weighted by atomic mass is 35.5. The number of β-amino-alcohol motifs (C(OH)–C–C–N with tert-alkyl or cyclic N) is 1. The van der Waals surface area contributed by atoms with E-state index in [1.54, 1.807) is 16.8 Å². The van der Waals surface area contributed by atoms with Crippen LogP contribution in [-0.2, 0) is 25.6 Å². The molecule has 0 aliphatic carbocycles. The minimum absolute atomic E-state index is 0.00732. The number of nitrogens with one attached hydrogen (secondary N) is 2. The summed E-state index contributed by atoms with van der Waals surface area (Å²) in [7, 11) is 0. The zero-order valence-corrected chi connectivity index (χ0v) is 33.8. The fourth-order valence-corrected chi connectivity index (χ4v) is 7.58. The molecule has 4 rings (SSSR count). The first-order valence-corrected chi connectivity index (χ1v) is 19.9. The van der Waals surface area contributed by atoms with Gasteiger partial charge in [0.25, 0.3) is 0 Å². The molecule has 1 fully saturated rings. The predicted molar refractivity (Wildman–Crippen MR) is 212 cm³/mol. The van der Waals surface area contributed by atoms with Gasteiger partial charge in [0.1, 0.15) is 18.7 Å². The molecule has 4 amide bonds. The number of aliphatic hydroxyl groups is 1. The van der Waals surface area contributed by atoms with E-state index in [1.807, 2.05) is 58.9 Å². The Labute approximate surface area is 331 Å². The van der Waals surface area contributed by atoms with Crippen LogP contribution < -0.4 is 26.8 Å². The summed E-state index contributed by atoms with van der Waals surface area (Å²) in [6.07, 6.45) is 1.79. The highest BCUT2D eigenvalue weighted by molar-refractivity contribution is 7.13. The average Bonchev–Trinajstić information content (AvgIpc) is 3.74. The van der Waals surface area contributed by atoms with Gasteiger partial charge in [-0.05, 0) is 67.7 Å². The van der Waals surface area contributed by atoms with Crippen LogP contribution in [0.1, 0.15) is 95.5 Å². The first kappa shape index (κ1) is 43.6. The number of carbonyl (C=O) groups is 4. The number of benzene rings is 2. The third-order valence-corrected chi connectivity index (χ3v) is 10.9. The maximum atomic E-state index is 15.2. The van der Waals surface area contributed by atoms with Crippen LogP contribution in [0.25, 0.3) is 10.4 Å². The minimum atomic E-state index is -0.941. The first-order chi connectivity index (χ1) is 25.9. The lowest BCUT2D eigenvalue weighted by atomic mass is 9.85. The van der Waals surface area contributed by atoms with Crippen LogP contribution in [0, 0.1) is 18.2 Å². The number of aromatic nitrogens is 1. The zero-order valence-electron chi connectivity index (χ0n) is 32.2. The van der Waals surface area contributed by atoms with E-state index in [0.29, 0.717) is 42.7 Å². The molecule has 1 aliphatic rings. The summed E-state index contributed by atoms with van der Waals surface area (Å²) in [6, 6.07) is 8.11. The molecule has 7 N–H and O–H groups in total. The molecule has 2 heterocycles. The number of hydrogen-bond donors (Lipinski definition) is 5. The van der Waals surface area contributed by atoms with Crippen molar-refractivity contribution in [2.45, 2.75) is 116 Å². The number of unbranched alkanes of at least 4 members (excludes halogenated alkanes) is 2. The number of thiazole rings is 1. The summed E-state index contributed by atoms with van der Waals surface area (Å²) in [4.78, 5) is 58.5. The van der Waals surface area contributed by atoms with Crippen LogP contribution in [0.15, 0.2) is 41.9 Å². The summed E-state index contributed by atoms with van der Waals surface area (Å²) < 4.78 is 20.7. The highest BCUT2D eigenvalue weighted by Crippen LogP contribution is 2.31. The highest BCUT2D eigenvalue weighted by Gasteiger charge is 2.44. The Morgan fingerprint density at radius 1 is 1.11 bits per heavy atom. The summed E-state index contributed by atoms with van der Waals surface area (Å²) in [5.74, 6) is -2.17. The van der Waals surface area contributed by atoms with Gasteiger partial charge in [-0.3, -0.25) is 19.2 Å². The standard InChI is InChI=1S/C40H54ClFN6O6S/c1-23(25-11-13-26(14-12-25)36-24(2)45-22-55-36)46-38(52)31-19-30(49)20-48(31)39(53)37(40(3,4)5)47-34(51)10-8-6-7-9-27-17-28(41)18-32(35(27)42)54-21-29(43)15-16-33(44)50/h11-14,17-18,22-23,29-31,37,49H,6-10,15-16,19-21,43H2,1-5H3,(H2,44,50)(H,46,52)(H,47,51)/t23-,29-,30+,31-,37+/m0/s1. The fraction of sp³-hybridized carbons (Fsp3) is 0.525. The van der Waals surface area contributed by atoms with E-state index in [1.165, 1.54) is 17.0 Å². The van der Waals surface area contributed by atoms with Crippen molar-refractivity contribution in [1.82, 2.24) is 20.5 Å². The van der Waals surface area contributed by atoms with Crippen LogP contribution in [0.5, 0.6) is 5.75 Å². The van der Waals surface area contributed by atoms with Crippen LogP contribution in [0.2, 0.25) is 5.02 Å². The van der Waals surface area contributed by atoms with Gasteiger partial charge in [0.05, 0.1) is 28.2 Å². The van der Waals surface area contributed by atoms with Gasteiger partial charge in [-0.15, -0.1) is 11.3 Å². The van der Waals surface area contributed by atoms with Crippen molar-refractivity contribution < 1.29 is 33.4 Å². The molecule has 1 saturated heterocycles. The molecular formula is C40H54ClFN6O6S. The quantitative estimate of drug-likeness (QED) is 0.106. The van der Waals surface area contributed by atoms with Gasteiger partial charge in [-0.25, -0.2) is 9.37 Å². The van der Waals surface area contributed by atoms with Crippen molar-refractivity contribution in [3.05, 3.63) is 69.6 Å². The molecular weight excluding hydrogens is 747 g/mol. The van der Waals surface area contributed by atoms with Crippen molar-refractivity contribution in [3.8, 4) is 16.2 Å². The molecule has 1 aliphatic heterocycles. The van der Waals surface area contributed by atoms with E-state index in [2.05, 4.69) is 15.6 Å². The number of primary amides is 1. The first-order valence-electron chi connectivity index (χ1n) is 18.7. The summed E-state index contributed by atoms with van der Waals surface area (Å²) in [6.45, 7) is 9.31. The predicted octanol–water partition coefficient (Wildman–Crippen LogP) is 5.36. The smallest absolute Gasteiger partial charge is 0.246 e. The topological polar surface area (TPSA) is 190 Å². The van der Waals surface area contributed by atoms with Gasteiger partial charge in [0.15, 0.2) is 11.6 Å². The zero-order chi connectivity index (χ0) is 40.4. The summed E-state index contributed by atoms with van der Waals surface area (Å²) in [5.41, 5.74) is 15.5. The van der Waals surface area contributed by atoms with Gasteiger partial charge >= 0.3 is 0 Å². The van der Waals surface area contributed by atoms with E-state index < -0.39 is 47.3 Å². The third kappa shape index (κ3) is 12.4. The number of aliphatic hydroxyl groups excluding tert-OH is 1. The molecule has 12 nitrogen and oxygen atoms in total. The Kier molecular flexibility index (Phi) is 15.6. The normalized spacial score (nSPS) is 17.4. The molecule has 0 radical (unpaired) electrons. The van der Waals surface area contributed by atoms with Crippen LogP contribution in [0.3, 0.4) is 0 Å². The maximum Gasteiger partial charge on any atom is 0.246 e. The molecule has 0 unspecified atom stereocenters. The van der Waals surface area contributed by atoms with Crippen LogP contribution in [-0.4, -0.2) is 76.0 Å². The molecule has 15 heteroatoms. The molecule has 2 aromatic carbocycles. The number of rotatable bonds is 18. The minimum Gasteiger partial charge on any atom is -0.489 e. The van der Waals surface area contributed by atoms with Crippen molar-refractivity contribution >= 4 is 46.6 Å². The molecule has 300 valence electrons.